The quantitative estimate of drug-likeness (QED) is 0.343. The second-order valence-electron chi connectivity index (χ2n) is 5.65. The van der Waals surface area contributed by atoms with Crippen molar-refractivity contribution in [2.45, 2.75) is 6.42 Å². The number of aliphatic hydroxyl groups excluding tert-OH is 1. The number of hydrogen-bond acceptors (Lipinski definition) is 3. The summed E-state index contributed by atoms with van der Waals surface area (Å²) >= 11 is 3.33. The van der Waals surface area contributed by atoms with Gasteiger partial charge in [0, 0.05) is 23.2 Å². The molecule has 140 valence electrons. The van der Waals surface area contributed by atoms with Crippen molar-refractivity contribution in [2.24, 2.45) is 0 Å². The summed E-state index contributed by atoms with van der Waals surface area (Å²) in [5.41, 5.74) is 1.54. The van der Waals surface area contributed by atoms with E-state index in [2.05, 4.69) is 26.6 Å². The highest BCUT2D eigenvalue weighted by atomic mass is 79.9. The molecule has 0 aliphatic rings. The van der Waals surface area contributed by atoms with Crippen molar-refractivity contribution in [1.29, 1.82) is 0 Å². The Morgan fingerprint density at radius 3 is 2.56 bits per heavy atom. The SMILES string of the molecule is O=C(NCCCO)/C(=C/C=C/c1ccccc1)NC(=O)c1cccc(Br)c1. The van der Waals surface area contributed by atoms with Crippen LogP contribution in [-0.2, 0) is 4.79 Å². The first kappa shape index (κ1) is 20.6. The van der Waals surface area contributed by atoms with Crippen LogP contribution in [0.2, 0.25) is 0 Å². The van der Waals surface area contributed by atoms with Crippen LogP contribution in [0.5, 0.6) is 0 Å². The van der Waals surface area contributed by atoms with Crippen molar-refractivity contribution in [1.82, 2.24) is 10.6 Å². The van der Waals surface area contributed by atoms with Gasteiger partial charge in [-0.25, -0.2) is 0 Å². The molecule has 0 saturated heterocycles. The largest absolute Gasteiger partial charge is 0.396 e. The number of allylic oxidation sites excluding steroid dienone is 2. The number of carbonyl (C=O) groups excluding carboxylic acids is 2. The van der Waals surface area contributed by atoms with Crippen molar-refractivity contribution < 1.29 is 14.7 Å². The lowest BCUT2D eigenvalue weighted by atomic mass is 10.2. The molecule has 0 bridgehead atoms. The molecular formula is C21H21BrN2O3. The molecule has 0 radical (unpaired) electrons. The van der Waals surface area contributed by atoms with E-state index in [1.165, 1.54) is 0 Å². The van der Waals surface area contributed by atoms with Gasteiger partial charge in [-0.1, -0.05) is 64.5 Å². The third-order valence-corrected chi connectivity index (χ3v) is 4.04. The summed E-state index contributed by atoms with van der Waals surface area (Å²) in [6, 6.07) is 16.5. The van der Waals surface area contributed by atoms with Gasteiger partial charge in [-0.2, -0.15) is 0 Å². The molecule has 27 heavy (non-hydrogen) atoms. The zero-order valence-electron chi connectivity index (χ0n) is 14.7. The van der Waals surface area contributed by atoms with E-state index in [9.17, 15) is 9.59 Å². The summed E-state index contributed by atoms with van der Waals surface area (Å²) in [5.74, 6) is -0.794. The molecule has 3 N–H and O–H groups in total. The molecule has 0 unspecified atom stereocenters. The van der Waals surface area contributed by atoms with Crippen molar-refractivity contribution in [3.05, 3.63) is 88.0 Å². The molecule has 0 spiro atoms. The molecule has 0 aliphatic carbocycles. The minimum absolute atomic E-state index is 0.0162. The second-order valence-corrected chi connectivity index (χ2v) is 6.56. The summed E-state index contributed by atoms with van der Waals surface area (Å²) in [7, 11) is 0. The van der Waals surface area contributed by atoms with Gasteiger partial charge in [0.25, 0.3) is 11.8 Å². The lowest BCUT2D eigenvalue weighted by Gasteiger charge is -2.10. The number of amides is 2. The van der Waals surface area contributed by atoms with E-state index >= 15 is 0 Å². The van der Waals surface area contributed by atoms with E-state index in [0.717, 1.165) is 10.0 Å². The van der Waals surface area contributed by atoms with Gasteiger partial charge < -0.3 is 15.7 Å². The average Bonchev–Trinajstić information content (AvgIpc) is 2.68. The number of benzene rings is 2. The zero-order valence-corrected chi connectivity index (χ0v) is 16.3. The zero-order chi connectivity index (χ0) is 19.5. The average molecular weight is 429 g/mol. The van der Waals surface area contributed by atoms with Gasteiger partial charge in [-0.15, -0.1) is 0 Å². The predicted molar refractivity (Wildman–Crippen MR) is 110 cm³/mol. The fourth-order valence-electron chi connectivity index (χ4n) is 2.19. The van der Waals surface area contributed by atoms with Gasteiger partial charge in [0.1, 0.15) is 5.70 Å². The number of rotatable bonds is 8. The molecule has 0 heterocycles. The molecule has 2 aromatic carbocycles. The second kappa shape index (κ2) is 11.1. The van der Waals surface area contributed by atoms with Crippen LogP contribution in [0.25, 0.3) is 6.08 Å². The smallest absolute Gasteiger partial charge is 0.267 e. The molecule has 0 saturated carbocycles. The minimum Gasteiger partial charge on any atom is -0.396 e. The molecule has 2 rings (SSSR count). The van der Waals surface area contributed by atoms with E-state index < -0.39 is 5.91 Å². The van der Waals surface area contributed by atoms with E-state index in [-0.39, 0.29) is 18.2 Å². The first-order chi connectivity index (χ1) is 13.1. The molecule has 6 heteroatoms. The van der Waals surface area contributed by atoms with Crippen LogP contribution in [0.3, 0.4) is 0 Å². The van der Waals surface area contributed by atoms with Crippen LogP contribution in [0.15, 0.2) is 76.9 Å². The summed E-state index contributed by atoms with van der Waals surface area (Å²) in [6.07, 6.45) is 5.54. The van der Waals surface area contributed by atoms with E-state index in [1.807, 2.05) is 42.5 Å². The van der Waals surface area contributed by atoms with Crippen LogP contribution in [0, 0.1) is 0 Å². The summed E-state index contributed by atoms with van der Waals surface area (Å²) in [6.45, 7) is 0.305. The van der Waals surface area contributed by atoms with Crippen molar-refractivity contribution >= 4 is 33.8 Å². The normalized spacial score (nSPS) is 11.4. The Labute approximate surface area is 166 Å². The Morgan fingerprint density at radius 2 is 1.85 bits per heavy atom. The Morgan fingerprint density at radius 1 is 1.07 bits per heavy atom. The third kappa shape index (κ3) is 7.21. The first-order valence-electron chi connectivity index (χ1n) is 8.49. The van der Waals surface area contributed by atoms with Gasteiger partial charge in [-0.3, -0.25) is 9.59 Å². The Balaban J connectivity index is 2.15. The van der Waals surface area contributed by atoms with Crippen LogP contribution >= 0.6 is 15.9 Å². The van der Waals surface area contributed by atoms with Crippen LogP contribution in [0.4, 0.5) is 0 Å². The van der Waals surface area contributed by atoms with Gasteiger partial charge >= 0.3 is 0 Å². The van der Waals surface area contributed by atoms with E-state index in [1.54, 1.807) is 30.4 Å². The minimum atomic E-state index is -0.412. The number of aliphatic hydroxyl groups is 1. The lowest BCUT2D eigenvalue weighted by Crippen LogP contribution is -2.35. The van der Waals surface area contributed by atoms with Crippen molar-refractivity contribution in [3.63, 3.8) is 0 Å². The van der Waals surface area contributed by atoms with Gasteiger partial charge in [0.2, 0.25) is 0 Å². The molecule has 2 aromatic rings. The monoisotopic (exact) mass is 428 g/mol. The van der Waals surface area contributed by atoms with Crippen LogP contribution in [-0.4, -0.2) is 30.1 Å². The molecule has 0 aliphatic heterocycles. The van der Waals surface area contributed by atoms with Crippen molar-refractivity contribution in [3.8, 4) is 0 Å². The molecule has 0 atom stereocenters. The van der Waals surface area contributed by atoms with Gasteiger partial charge in [-0.05, 0) is 36.3 Å². The number of carbonyl (C=O) groups is 2. The topological polar surface area (TPSA) is 78.4 Å². The summed E-state index contributed by atoms with van der Waals surface area (Å²) in [4.78, 5) is 24.8. The van der Waals surface area contributed by atoms with Crippen LogP contribution < -0.4 is 10.6 Å². The van der Waals surface area contributed by atoms with Crippen molar-refractivity contribution in [2.75, 3.05) is 13.2 Å². The van der Waals surface area contributed by atoms with Crippen LogP contribution in [0.1, 0.15) is 22.3 Å². The molecule has 5 nitrogen and oxygen atoms in total. The first-order valence-corrected chi connectivity index (χ1v) is 9.29. The highest BCUT2D eigenvalue weighted by Crippen LogP contribution is 2.12. The fourth-order valence-corrected chi connectivity index (χ4v) is 2.59. The predicted octanol–water partition coefficient (Wildman–Crippen LogP) is 3.27. The maximum atomic E-state index is 12.5. The highest BCUT2D eigenvalue weighted by molar-refractivity contribution is 9.10. The maximum absolute atomic E-state index is 12.5. The highest BCUT2D eigenvalue weighted by Gasteiger charge is 2.13. The van der Waals surface area contributed by atoms with Gasteiger partial charge in [0.15, 0.2) is 0 Å². The molecule has 2 amide bonds. The molecule has 0 aromatic heterocycles. The molecule has 0 fully saturated rings. The third-order valence-electron chi connectivity index (χ3n) is 3.55. The maximum Gasteiger partial charge on any atom is 0.267 e. The number of halogens is 1. The standard InChI is InChI=1S/C21H21BrN2O3/c22-18-11-5-10-17(15-18)20(26)24-19(21(27)23-13-6-14-25)12-4-9-16-7-2-1-3-8-16/h1-5,7-12,15,25H,6,13-14H2,(H,23,27)(H,24,26)/b9-4+,19-12-. The summed E-state index contributed by atoms with van der Waals surface area (Å²) in [5, 5.41) is 14.2. The van der Waals surface area contributed by atoms with E-state index in [4.69, 9.17) is 5.11 Å². The number of nitrogens with one attached hydrogen (secondary N) is 2. The van der Waals surface area contributed by atoms with E-state index in [0.29, 0.717) is 18.5 Å². The molecular weight excluding hydrogens is 408 g/mol. The summed E-state index contributed by atoms with van der Waals surface area (Å²) < 4.78 is 0.775. The Bertz CT molecular complexity index is 832. The van der Waals surface area contributed by atoms with Gasteiger partial charge in [0.05, 0.1) is 0 Å². The number of hydrogen-bond donors (Lipinski definition) is 3. The fraction of sp³-hybridized carbons (Fsp3) is 0.143. The Kier molecular flexibility index (Phi) is 8.48. The lowest BCUT2D eigenvalue weighted by molar-refractivity contribution is -0.117. The Hall–Kier alpha value is -2.70.